The number of hydrogen-bond donors (Lipinski definition) is 2. The van der Waals surface area contributed by atoms with Gasteiger partial charge in [-0.15, -0.1) is 12.4 Å². The van der Waals surface area contributed by atoms with Crippen LogP contribution < -0.4 is 10.6 Å². The first kappa shape index (κ1) is 15.8. The molecule has 1 heterocycles. The molecule has 0 saturated carbocycles. The van der Waals surface area contributed by atoms with Gasteiger partial charge in [-0.3, -0.25) is 4.79 Å². The Kier molecular flexibility index (Phi) is 5.20. The number of anilines is 1. The summed E-state index contributed by atoms with van der Waals surface area (Å²) in [6, 6.07) is 1.53. The molecular formula is C12H14ClF3N2O. The Morgan fingerprint density at radius 3 is 2.26 bits per heavy atom. The maximum absolute atomic E-state index is 13.0. The lowest BCUT2D eigenvalue weighted by Crippen LogP contribution is -2.48. The quantitative estimate of drug-likeness (QED) is 0.840. The van der Waals surface area contributed by atoms with Crippen LogP contribution in [0.2, 0.25) is 0 Å². The van der Waals surface area contributed by atoms with Crippen molar-refractivity contribution in [1.82, 2.24) is 5.32 Å². The number of carbonyl (C=O) groups is 1. The zero-order valence-corrected chi connectivity index (χ0v) is 11.0. The molecule has 19 heavy (non-hydrogen) atoms. The predicted molar refractivity (Wildman–Crippen MR) is 67.7 cm³/mol. The highest BCUT2D eigenvalue weighted by Gasteiger charge is 2.28. The Morgan fingerprint density at radius 2 is 1.84 bits per heavy atom. The van der Waals surface area contributed by atoms with Crippen LogP contribution in [0.1, 0.15) is 6.92 Å². The number of amides is 1. The average Bonchev–Trinajstić information content (AvgIpc) is 2.23. The normalized spacial score (nSPS) is 16.2. The van der Waals surface area contributed by atoms with Crippen LogP contribution >= 0.6 is 12.4 Å². The van der Waals surface area contributed by atoms with E-state index in [4.69, 9.17) is 0 Å². The summed E-state index contributed by atoms with van der Waals surface area (Å²) in [4.78, 5) is 11.8. The van der Waals surface area contributed by atoms with Crippen LogP contribution in [0.3, 0.4) is 0 Å². The van der Waals surface area contributed by atoms with E-state index in [-0.39, 0.29) is 35.8 Å². The summed E-state index contributed by atoms with van der Waals surface area (Å²) in [5, 5.41) is 5.42. The van der Waals surface area contributed by atoms with Crippen molar-refractivity contribution in [2.75, 3.05) is 18.4 Å². The highest BCUT2D eigenvalue weighted by atomic mass is 35.5. The van der Waals surface area contributed by atoms with E-state index >= 15 is 0 Å². The smallest absolute Gasteiger partial charge is 0.227 e. The standard InChI is InChI=1S/C12H13F3N2O.ClH/c1-6(7-4-16-5-7)12(18)17-8-2-9(13)11(15)10(14)3-8;/h2-3,6-7,16H,4-5H2,1H3,(H,17,18);1H. The van der Waals surface area contributed by atoms with E-state index in [2.05, 4.69) is 10.6 Å². The van der Waals surface area contributed by atoms with Crippen molar-refractivity contribution in [1.29, 1.82) is 0 Å². The van der Waals surface area contributed by atoms with Crippen molar-refractivity contribution in [2.24, 2.45) is 11.8 Å². The van der Waals surface area contributed by atoms with Crippen molar-refractivity contribution in [2.45, 2.75) is 6.92 Å². The first-order valence-electron chi connectivity index (χ1n) is 5.65. The molecule has 1 saturated heterocycles. The van der Waals surface area contributed by atoms with Gasteiger partial charge in [0, 0.05) is 23.7 Å². The van der Waals surface area contributed by atoms with Crippen LogP contribution in [0.15, 0.2) is 12.1 Å². The van der Waals surface area contributed by atoms with Gasteiger partial charge in [0.2, 0.25) is 5.91 Å². The second-order valence-corrected chi connectivity index (χ2v) is 4.45. The summed E-state index contributed by atoms with van der Waals surface area (Å²) >= 11 is 0. The average molecular weight is 295 g/mol. The van der Waals surface area contributed by atoms with Crippen LogP contribution in [0.5, 0.6) is 0 Å². The minimum atomic E-state index is -1.54. The molecule has 2 N–H and O–H groups in total. The summed E-state index contributed by atoms with van der Waals surface area (Å²) in [6.07, 6.45) is 0. The van der Waals surface area contributed by atoms with Crippen molar-refractivity contribution in [3.8, 4) is 0 Å². The maximum Gasteiger partial charge on any atom is 0.227 e. The molecule has 1 fully saturated rings. The molecule has 0 aromatic heterocycles. The lowest BCUT2D eigenvalue weighted by Gasteiger charge is -2.31. The first-order valence-corrected chi connectivity index (χ1v) is 5.65. The Bertz CT molecular complexity index is 457. The van der Waals surface area contributed by atoms with Crippen LogP contribution in [-0.4, -0.2) is 19.0 Å². The van der Waals surface area contributed by atoms with Crippen molar-refractivity contribution in [3.63, 3.8) is 0 Å². The van der Waals surface area contributed by atoms with E-state index in [0.29, 0.717) is 0 Å². The summed E-state index contributed by atoms with van der Waals surface area (Å²) in [5.74, 6) is -4.54. The number of nitrogens with one attached hydrogen (secondary N) is 2. The van der Waals surface area contributed by atoms with E-state index in [1.54, 1.807) is 6.92 Å². The van der Waals surface area contributed by atoms with Crippen LogP contribution in [0.4, 0.5) is 18.9 Å². The van der Waals surface area contributed by atoms with Gasteiger partial charge in [0.25, 0.3) is 0 Å². The number of hydrogen-bond acceptors (Lipinski definition) is 2. The largest absolute Gasteiger partial charge is 0.326 e. The lowest BCUT2D eigenvalue weighted by molar-refractivity contribution is -0.121. The SMILES string of the molecule is CC(C(=O)Nc1cc(F)c(F)c(F)c1)C1CNC1.Cl. The van der Waals surface area contributed by atoms with Gasteiger partial charge in [-0.1, -0.05) is 6.92 Å². The molecule has 1 amide bonds. The second-order valence-electron chi connectivity index (χ2n) is 4.45. The fraction of sp³-hybridized carbons (Fsp3) is 0.417. The first-order chi connectivity index (χ1) is 8.49. The van der Waals surface area contributed by atoms with Gasteiger partial charge < -0.3 is 10.6 Å². The van der Waals surface area contributed by atoms with E-state index < -0.39 is 17.5 Å². The fourth-order valence-corrected chi connectivity index (χ4v) is 1.76. The molecule has 1 aliphatic rings. The molecule has 1 aliphatic heterocycles. The van der Waals surface area contributed by atoms with E-state index in [1.165, 1.54) is 0 Å². The van der Waals surface area contributed by atoms with Crippen molar-refractivity contribution >= 4 is 24.0 Å². The Labute approximate surface area is 115 Å². The monoisotopic (exact) mass is 294 g/mol. The van der Waals surface area contributed by atoms with Gasteiger partial charge in [0.05, 0.1) is 0 Å². The molecule has 1 aromatic carbocycles. The number of halogens is 4. The van der Waals surface area contributed by atoms with Gasteiger partial charge in [0.15, 0.2) is 17.5 Å². The fourth-order valence-electron chi connectivity index (χ4n) is 1.76. The molecule has 1 aromatic rings. The van der Waals surface area contributed by atoms with Crippen molar-refractivity contribution < 1.29 is 18.0 Å². The third-order valence-corrected chi connectivity index (χ3v) is 3.19. The highest BCUT2D eigenvalue weighted by Crippen LogP contribution is 2.21. The van der Waals surface area contributed by atoms with Crippen LogP contribution in [0, 0.1) is 29.3 Å². The second kappa shape index (κ2) is 6.25. The van der Waals surface area contributed by atoms with Gasteiger partial charge in [0.1, 0.15) is 0 Å². The number of carbonyl (C=O) groups excluding carboxylic acids is 1. The van der Waals surface area contributed by atoms with Gasteiger partial charge in [-0.25, -0.2) is 13.2 Å². The molecule has 1 unspecified atom stereocenters. The van der Waals surface area contributed by atoms with Crippen LogP contribution in [-0.2, 0) is 4.79 Å². The third-order valence-electron chi connectivity index (χ3n) is 3.19. The molecule has 0 radical (unpaired) electrons. The summed E-state index contributed by atoms with van der Waals surface area (Å²) in [6.45, 7) is 3.25. The zero-order chi connectivity index (χ0) is 13.3. The third kappa shape index (κ3) is 3.39. The molecule has 7 heteroatoms. The Balaban J connectivity index is 0.00000180. The molecule has 106 valence electrons. The minimum Gasteiger partial charge on any atom is -0.326 e. The molecular weight excluding hydrogens is 281 g/mol. The van der Waals surface area contributed by atoms with Gasteiger partial charge >= 0.3 is 0 Å². The zero-order valence-electron chi connectivity index (χ0n) is 10.2. The van der Waals surface area contributed by atoms with Gasteiger partial charge in [-0.05, 0) is 19.0 Å². The maximum atomic E-state index is 13.0. The van der Waals surface area contributed by atoms with Gasteiger partial charge in [-0.2, -0.15) is 0 Å². The summed E-state index contributed by atoms with van der Waals surface area (Å²) < 4.78 is 38.6. The summed E-state index contributed by atoms with van der Waals surface area (Å²) in [5.41, 5.74) is -0.0736. The molecule has 2 rings (SSSR count). The lowest BCUT2D eigenvalue weighted by atomic mass is 9.88. The molecule has 0 aliphatic carbocycles. The van der Waals surface area contributed by atoms with E-state index in [1.807, 2.05) is 0 Å². The Hall–Kier alpha value is -1.27. The van der Waals surface area contributed by atoms with Crippen molar-refractivity contribution in [3.05, 3.63) is 29.6 Å². The Morgan fingerprint density at radius 1 is 1.32 bits per heavy atom. The summed E-state index contributed by atoms with van der Waals surface area (Å²) in [7, 11) is 0. The van der Waals surface area contributed by atoms with E-state index in [9.17, 15) is 18.0 Å². The van der Waals surface area contributed by atoms with E-state index in [0.717, 1.165) is 25.2 Å². The molecule has 1 atom stereocenters. The minimum absolute atomic E-state index is 0. The number of rotatable bonds is 3. The predicted octanol–water partition coefficient (Wildman–Crippen LogP) is 2.32. The van der Waals surface area contributed by atoms with Crippen LogP contribution in [0.25, 0.3) is 0 Å². The molecule has 0 spiro atoms. The topological polar surface area (TPSA) is 41.1 Å². The molecule has 3 nitrogen and oxygen atoms in total. The highest BCUT2D eigenvalue weighted by molar-refractivity contribution is 5.92. The number of benzene rings is 1. The molecule has 0 bridgehead atoms.